The van der Waals surface area contributed by atoms with Gasteiger partial charge in [-0.3, -0.25) is 0 Å². The normalized spacial score (nSPS) is 22.2. The molecule has 0 radical (unpaired) electrons. The first-order chi connectivity index (χ1) is 16.9. The molecule has 0 N–H and O–H groups in total. The summed E-state index contributed by atoms with van der Waals surface area (Å²) in [5, 5.41) is 0. The summed E-state index contributed by atoms with van der Waals surface area (Å²) in [5.41, 5.74) is 1.99. The van der Waals surface area contributed by atoms with Crippen LogP contribution in [0.15, 0.2) is 59.5 Å². The number of hydrogen-bond donors (Lipinski definition) is 0. The molecule has 1 fully saturated rings. The molecule has 2 unspecified atom stereocenters. The van der Waals surface area contributed by atoms with E-state index in [0.29, 0.717) is 11.4 Å². The average molecular weight is 621 g/mol. The second-order valence-electron chi connectivity index (χ2n) is 10.0. The first kappa shape index (κ1) is 29.1. The molecule has 2 aromatic rings. The van der Waals surface area contributed by atoms with Gasteiger partial charge in [-0.05, 0) is 36.0 Å². The molecule has 0 saturated carbocycles. The van der Waals surface area contributed by atoms with E-state index in [4.69, 9.17) is 12.6 Å². The second-order valence-corrected chi connectivity index (χ2v) is 21.0. The Labute approximate surface area is 227 Å². The summed E-state index contributed by atoms with van der Waals surface area (Å²) >= 11 is 5.09. The molecule has 192 valence electrons. The van der Waals surface area contributed by atoms with E-state index < -0.39 is 34.7 Å². The summed E-state index contributed by atoms with van der Waals surface area (Å²) in [5.74, 6) is 0.128. The fourth-order valence-corrected chi connectivity index (χ4v) is 17.6. The van der Waals surface area contributed by atoms with Crippen LogP contribution in [0.25, 0.3) is 0 Å². The van der Waals surface area contributed by atoms with Crippen molar-refractivity contribution in [3.05, 3.63) is 65.7 Å². The molecule has 0 amide bonds. The van der Waals surface area contributed by atoms with Gasteiger partial charge in [0.1, 0.15) is 0 Å². The zero-order valence-corrected chi connectivity index (χ0v) is 26.3. The van der Waals surface area contributed by atoms with Crippen molar-refractivity contribution < 1.29 is 8.42 Å². The van der Waals surface area contributed by atoms with Crippen LogP contribution in [0.4, 0.5) is 0 Å². The van der Waals surface area contributed by atoms with Gasteiger partial charge >= 0.3 is 92.4 Å². The number of rotatable bonds is 11. The standard InChI is InChI=1S/C17H17NO2S2.3C4H9.Sn/c19-22(20)16-9-5-4-8-15(16)17(21)14(10-11-18(17)22)12-13-6-2-1-3-7-13;3*1-3-4-2;/h1-9,14,21H,10-12H2;3*1,3-4H2,2H3;/q;;;;+1/p-1. The topological polar surface area (TPSA) is 37.4 Å². The molecule has 1 saturated heterocycles. The van der Waals surface area contributed by atoms with Crippen molar-refractivity contribution in [2.75, 3.05) is 6.54 Å². The van der Waals surface area contributed by atoms with Crippen LogP contribution in [-0.2, 0) is 33.9 Å². The summed E-state index contributed by atoms with van der Waals surface area (Å²) in [7, 11) is -3.44. The number of hydrogen-bond acceptors (Lipinski definition) is 3. The number of fused-ring (bicyclic) bond motifs is 3. The van der Waals surface area contributed by atoms with E-state index in [1.54, 1.807) is 25.4 Å². The predicted octanol–water partition coefficient (Wildman–Crippen LogP) is 7.53. The van der Waals surface area contributed by atoms with Crippen LogP contribution in [-0.4, -0.2) is 39.0 Å². The second kappa shape index (κ2) is 13.9. The van der Waals surface area contributed by atoms with E-state index in [2.05, 4.69) is 32.9 Å². The van der Waals surface area contributed by atoms with Crippen LogP contribution in [0, 0.1) is 5.92 Å². The van der Waals surface area contributed by atoms with E-state index >= 15 is 0 Å². The van der Waals surface area contributed by atoms with Gasteiger partial charge in [0, 0.05) is 6.54 Å². The predicted molar refractivity (Wildman–Crippen MR) is 153 cm³/mol. The van der Waals surface area contributed by atoms with Gasteiger partial charge in [-0.15, -0.1) is 0 Å². The molecule has 2 atom stereocenters. The molecule has 0 aliphatic carbocycles. The molecular weight excluding hydrogens is 577 g/mol. The Bertz CT molecular complexity index is 995. The van der Waals surface area contributed by atoms with Crippen LogP contribution in [0.1, 0.15) is 76.8 Å². The summed E-state index contributed by atoms with van der Waals surface area (Å²) in [6.45, 7) is 7.51. The molecule has 6 heteroatoms. The molecule has 2 aromatic carbocycles. The van der Waals surface area contributed by atoms with E-state index in [0.717, 1.165) is 18.4 Å². The maximum absolute atomic E-state index is 12.7. The van der Waals surface area contributed by atoms with Gasteiger partial charge < -0.3 is 12.6 Å². The van der Waals surface area contributed by atoms with Gasteiger partial charge in [0.2, 0.25) is 10.0 Å². The van der Waals surface area contributed by atoms with Crippen molar-refractivity contribution in [3.63, 3.8) is 0 Å². The minimum absolute atomic E-state index is 0.128. The van der Waals surface area contributed by atoms with Crippen LogP contribution in [0.5, 0.6) is 0 Å². The minimum atomic E-state index is -3.44. The third kappa shape index (κ3) is 6.88. The molecule has 0 aromatic heterocycles. The summed E-state index contributed by atoms with van der Waals surface area (Å²) < 4.78 is 32.0. The fraction of sp³-hybridized carbons (Fsp3) is 0.586. The van der Waals surface area contributed by atoms with Crippen LogP contribution >= 0.6 is 0 Å². The van der Waals surface area contributed by atoms with Gasteiger partial charge in [0.05, 0.1) is 4.90 Å². The number of unbranched alkanes of at least 4 members (excludes halogenated alkanes) is 3. The van der Waals surface area contributed by atoms with Crippen molar-refractivity contribution in [1.29, 1.82) is 0 Å². The number of nitrogens with zero attached hydrogens (tertiary/aromatic N) is 1. The average Bonchev–Trinajstić information content (AvgIpc) is 3.30. The molecule has 0 bridgehead atoms. The van der Waals surface area contributed by atoms with Gasteiger partial charge in [-0.25, -0.2) is 12.7 Å². The van der Waals surface area contributed by atoms with Crippen LogP contribution in [0.3, 0.4) is 0 Å². The maximum Gasteiger partial charge on any atom is 0.242 e. The zero-order chi connectivity index (χ0) is 25.3. The molecule has 2 aliphatic rings. The Hall–Kier alpha value is -0.501. The monoisotopic (exact) mass is 621 g/mol. The van der Waals surface area contributed by atoms with E-state index in [-0.39, 0.29) is 5.92 Å². The minimum Gasteiger partial charge on any atom is -0.764 e. The Morgan fingerprint density at radius 2 is 1.43 bits per heavy atom. The molecular formula is C29H43NO2S2Sn. The smallest absolute Gasteiger partial charge is 0.242 e. The Kier molecular flexibility index (Phi) is 11.5. The molecule has 2 aliphatic heterocycles. The Balaban J connectivity index is 0.000000228. The maximum atomic E-state index is 12.7. The van der Waals surface area contributed by atoms with Crippen molar-refractivity contribution in [1.82, 2.24) is 4.31 Å². The van der Waals surface area contributed by atoms with Crippen molar-refractivity contribution in [2.24, 2.45) is 5.92 Å². The van der Waals surface area contributed by atoms with E-state index in [1.807, 2.05) is 30.3 Å². The number of sulfonamides is 1. The third-order valence-electron chi connectivity index (χ3n) is 7.42. The zero-order valence-electron chi connectivity index (χ0n) is 21.8. The molecule has 4 rings (SSSR count). The van der Waals surface area contributed by atoms with Crippen molar-refractivity contribution in [2.45, 2.75) is 95.2 Å². The van der Waals surface area contributed by atoms with Crippen LogP contribution < -0.4 is 0 Å². The Morgan fingerprint density at radius 1 is 0.886 bits per heavy atom. The summed E-state index contributed by atoms with van der Waals surface area (Å²) in [4.78, 5) is -0.437. The van der Waals surface area contributed by atoms with Gasteiger partial charge in [-0.2, -0.15) is 0 Å². The Morgan fingerprint density at radius 3 is 2.00 bits per heavy atom. The van der Waals surface area contributed by atoms with Crippen molar-refractivity contribution in [3.8, 4) is 0 Å². The van der Waals surface area contributed by atoms with E-state index in [1.165, 1.54) is 48.4 Å². The van der Waals surface area contributed by atoms with Gasteiger partial charge in [0.15, 0.2) is 0 Å². The quantitative estimate of drug-likeness (QED) is 0.193. The van der Waals surface area contributed by atoms with Gasteiger partial charge in [0.25, 0.3) is 0 Å². The fourth-order valence-electron chi connectivity index (χ4n) is 5.39. The first-order valence-electron chi connectivity index (χ1n) is 13.6. The largest absolute Gasteiger partial charge is 0.764 e. The summed E-state index contributed by atoms with van der Waals surface area (Å²) in [6, 6.07) is 17.4. The van der Waals surface area contributed by atoms with Gasteiger partial charge in [-0.1, -0.05) is 53.4 Å². The van der Waals surface area contributed by atoms with Crippen LogP contribution in [0.2, 0.25) is 13.3 Å². The SMILES string of the molecule is CCC[CH2][Sn+]([CH2]CCC)[CH2]CCC.O=S1(=O)c2ccccc2C2([S-])C(Cc3ccccc3)CCN21. The van der Waals surface area contributed by atoms with E-state index in [9.17, 15) is 8.42 Å². The summed E-state index contributed by atoms with van der Waals surface area (Å²) in [6.07, 6.45) is 10.5. The molecule has 35 heavy (non-hydrogen) atoms. The van der Waals surface area contributed by atoms with Crippen molar-refractivity contribution >= 4 is 42.4 Å². The molecule has 3 nitrogen and oxygen atoms in total. The number of benzene rings is 2. The third-order valence-corrected chi connectivity index (χ3v) is 19.4. The molecule has 2 heterocycles. The first-order valence-corrected chi connectivity index (χ1v) is 21.5. The molecule has 0 spiro atoms.